The second kappa shape index (κ2) is 5.07. The summed E-state index contributed by atoms with van der Waals surface area (Å²) in [4.78, 5) is 12.0. The average Bonchev–Trinajstić information content (AvgIpc) is 2.29. The molecule has 0 spiro atoms. The average molecular weight is 236 g/mol. The van der Waals surface area contributed by atoms with Crippen LogP contribution in [0.3, 0.4) is 0 Å². The number of benzene rings is 1. The number of amides is 1. The fraction of sp³-hybridized carbons (Fsp3) is 0.333. The summed E-state index contributed by atoms with van der Waals surface area (Å²) < 4.78 is 0. The number of nitrogens with one attached hydrogen (secondary N) is 2. The molecule has 0 atom stereocenters. The van der Waals surface area contributed by atoms with E-state index in [1.807, 2.05) is 44.2 Å². The predicted octanol–water partition coefficient (Wildman–Crippen LogP) is 1.58. The van der Waals surface area contributed by atoms with Crippen molar-refractivity contribution in [2.24, 2.45) is 0 Å². The van der Waals surface area contributed by atoms with Crippen molar-refractivity contribution in [1.82, 2.24) is 10.6 Å². The van der Waals surface area contributed by atoms with Crippen molar-refractivity contribution in [1.29, 1.82) is 0 Å². The molecule has 1 amide bonds. The van der Waals surface area contributed by atoms with E-state index in [-0.39, 0.29) is 5.91 Å². The van der Waals surface area contributed by atoms with Crippen molar-refractivity contribution in [3.63, 3.8) is 0 Å². The standard InChI is InChI=1S/C12H16N2OS/c1-12(2,9-7-5-4-6-8-9)10(15)14-11(16)13-3/h4-8H,1-3H3,(H2,13,14,15,16). The fourth-order valence-corrected chi connectivity index (χ4v) is 1.40. The maximum atomic E-state index is 12.0. The molecule has 2 N–H and O–H groups in total. The van der Waals surface area contributed by atoms with Gasteiger partial charge in [-0.25, -0.2) is 0 Å². The van der Waals surface area contributed by atoms with Gasteiger partial charge in [0.25, 0.3) is 0 Å². The number of thiocarbonyl (C=S) groups is 1. The van der Waals surface area contributed by atoms with Gasteiger partial charge in [0.1, 0.15) is 0 Å². The first-order chi connectivity index (χ1) is 7.48. The van der Waals surface area contributed by atoms with Gasteiger partial charge in [-0.3, -0.25) is 4.79 Å². The summed E-state index contributed by atoms with van der Waals surface area (Å²) in [6.07, 6.45) is 0. The summed E-state index contributed by atoms with van der Waals surface area (Å²) in [5.74, 6) is -0.113. The van der Waals surface area contributed by atoms with E-state index >= 15 is 0 Å². The molecule has 16 heavy (non-hydrogen) atoms. The van der Waals surface area contributed by atoms with Crippen molar-refractivity contribution < 1.29 is 4.79 Å². The van der Waals surface area contributed by atoms with Crippen molar-refractivity contribution in [3.05, 3.63) is 35.9 Å². The molecule has 3 nitrogen and oxygen atoms in total. The Morgan fingerprint density at radius 2 is 1.81 bits per heavy atom. The number of hydrogen-bond donors (Lipinski definition) is 2. The summed E-state index contributed by atoms with van der Waals surface area (Å²) >= 11 is 4.91. The highest BCUT2D eigenvalue weighted by Gasteiger charge is 2.29. The van der Waals surface area contributed by atoms with Gasteiger partial charge in [-0.05, 0) is 31.6 Å². The van der Waals surface area contributed by atoms with Crippen LogP contribution in [0.25, 0.3) is 0 Å². The van der Waals surface area contributed by atoms with E-state index in [2.05, 4.69) is 10.6 Å². The minimum atomic E-state index is -0.595. The quantitative estimate of drug-likeness (QED) is 0.766. The molecule has 0 saturated carbocycles. The van der Waals surface area contributed by atoms with Crippen LogP contribution >= 0.6 is 12.2 Å². The molecule has 86 valence electrons. The van der Waals surface area contributed by atoms with E-state index in [4.69, 9.17) is 12.2 Å². The van der Waals surface area contributed by atoms with Crippen LogP contribution < -0.4 is 10.6 Å². The highest BCUT2D eigenvalue weighted by Crippen LogP contribution is 2.22. The third-order valence-electron chi connectivity index (χ3n) is 2.52. The van der Waals surface area contributed by atoms with E-state index in [0.29, 0.717) is 5.11 Å². The molecule has 0 radical (unpaired) electrons. The number of hydrogen-bond acceptors (Lipinski definition) is 2. The first-order valence-corrected chi connectivity index (χ1v) is 5.48. The molecule has 0 aromatic heterocycles. The predicted molar refractivity (Wildman–Crippen MR) is 69.3 cm³/mol. The molecule has 0 aliphatic rings. The minimum Gasteiger partial charge on any atom is -0.365 e. The lowest BCUT2D eigenvalue weighted by Gasteiger charge is -2.24. The van der Waals surface area contributed by atoms with Crippen LogP contribution in [0.1, 0.15) is 19.4 Å². The van der Waals surface area contributed by atoms with E-state index < -0.39 is 5.41 Å². The molecule has 0 bridgehead atoms. The Morgan fingerprint density at radius 1 is 1.25 bits per heavy atom. The van der Waals surface area contributed by atoms with Crippen LogP contribution in [-0.4, -0.2) is 18.1 Å². The zero-order valence-electron chi connectivity index (χ0n) is 9.70. The van der Waals surface area contributed by atoms with Crippen LogP contribution in [0.15, 0.2) is 30.3 Å². The Hall–Kier alpha value is -1.42. The number of rotatable bonds is 2. The van der Waals surface area contributed by atoms with Gasteiger partial charge in [0, 0.05) is 7.05 Å². The van der Waals surface area contributed by atoms with Gasteiger partial charge < -0.3 is 10.6 Å². The highest BCUT2D eigenvalue weighted by atomic mass is 32.1. The van der Waals surface area contributed by atoms with Crippen molar-refractivity contribution in [3.8, 4) is 0 Å². The minimum absolute atomic E-state index is 0.113. The van der Waals surface area contributed by atoms with Gasteiger partial charge in [-0.1, -0.05) is 30.3 Å². The number of carbonyl (C=O) groups is 1. The maximum absolute atomic E-state index is 12.0. The Morgan fingerprint density at radius 3 is 2.31 bits per heavy atom. The molecule has 4 heteroatoms. The van der Waals surface area contributed by atoms with Crippen LogP contribution in [0, 0.1) is 0 Å². The SMILES string of the molecule is CNC(=S)NC(=O)C(C)(C)c1ccccc1. The molecule has 0 heterocycles. The van der Waals surface area contributed by atoms with Crippen molar-refractivity contribution >= 4 is 23.2 Å². The van der Waals surface area contributed by atoms with E-state index in [1.54, 1.807) is 7.05 Å². The molecular formula is C12H16N2OS. The highest BCUT2D eigenvalue weighted by molar-refractivity contribution is 7.80. The number of carbonyl (C=O) groups excluding carboxylic acids is 1. The maximum Gasteiger partial charge on any atom is 0.236 e. The van der Waals surface area contributed by atoms with Crippen LogP contribution in [-0.2, 0) is 10.2 Å². The van der Waals surface area contributed by atoms with Crippen LogP contribution in [0.2, 0.25) is 0 Å². The first kappa shape index (κ1) is 12.6. The summed E-state index contributed by atoms with van der Waals surface area (Å²) in [6, 6.07) is 9.63. The van der Waals surface area contributed by atoms with Crippen LogP contribution in [0.4, 0.5) is 0 Å². The van der Waals surface area contributed by atoms with Crippen molar-refractivity contribution in [2.75, 3.05) is 7.05 Å². The second-order valence-electron chi connectivity index (χ2n) is 4.02. The van der Waals surface area contributed by atoms with Gasteiger partial charge in [0.2, 0.25) is 5.91 Å². The fourth-order valence-electron chi connectivity index (χ4n) is 1.31. The molecule has 1 rings (SSSR count). The normalized spacial score (nSPS) is 10.7. The third kappa shape index (κ3) is 2.79. The van der Waals surface area contributed by atoms with Gasteiger partial charge in [-0.15, -0.1) is 0 Å². The summed E-state index contributed by atoms with van der Waals surface area (Å²) in [5, 5.41) is 5.71. The Kier molecular flexibility index (Phi) is 4.01. The van der Waals surface area contributed by atoms with Crippen molar-refractivity contribution in [2.45, 2.75) is 19.3 Å². The molecule has 0 saturated heterocycles. The first-order valence-electron chi connectivity index (χ1n) is 5.07. The molecule has 0 unspecified atom stereocenters. The molecule has 1 aromatic rings. The monoisotopic (exact) mass is 236 g/mol. The Bertz CT molecular complexity index is 387. The smallest absolute Gasteiger partial charge is 0.236 e. The Labute approximate surface area is 101 Å². The summed E-state index contributed by atoms with van der Waals surface area (Å²) in [5.41, 5.74) is 0.369. The van der Waals surface area contributed by atoms with E-state index in [0.717, 1.165) is 5.56 Å². The lowest BCUT2D eigenvalue weighted by Crippen LogP contribution is -2.46. The van der Waals surface area contributed by atoms with E-state index in [9.17, 15) is 4.79 Å². The summed E-state index contributed by atoms with van der Waals surface area (Å²) in [6.45, 7) is 3.74. The summed E-state index contributed by atoms with van der Waals surface area (Å²) in [7, 11) is 1.68. The molecular weight excluding hydrogens is 220 g/mol. The molecule has 0 aliphatic carbocycles. The largest absolute Gasteiger partial charge is 0.365 e. The zero-order valence-corrected chi connectivity index (χ0v) is 10.5. The Balaban J connectivity index is 2.86. The van der Waals surface area contributed by atoms with Gasteiger partial charge in [-0.2, -0.15) is 0 Å². The van der Waals surface area contributed by atoms with Gasteiger partial charge in [0.15, 0.2) is 5.11 Å². The lowest BCUT2D eigenvalue weighted by molar-refractivity contribution is -0.124. The molecule has 0 fully saturated rings. The second-order valence-corrected chi connectivity index (χ2v) is 4.43. The topological polar surface area (TPSA) is 41.1 Å². The van der Waals surface area contributed by atoms with Gasteiger partial charge >= 0.3 is 0 Å². The molecule has 0 aliphatic heterocycles. The van der Waals surface area contributed by atoms with Crippen LogP contribution in [0.5, 0.6) is 0 Å². The zero-order chi connectivity index (χ0) is 12.2. The lowest BCUT2D eigenvalue weighted by atomic mass is 9.84. The van der Waals surface area contributed by atoms with E-state index in [1.165, 1.54) is 0 Å². The molecule has 1 aromatic carbocycles. The van der Waals surface area contributed by atoms with Gasteiger partial charge in [0.05, 0.1) is 5.41 Å². The third-order valence-corrected chi connectivity index (χ3v) is 2.82.